The van der Waals surface area contributed by atoms with E-state index in [0.717, 1.165) is 0 Å². The molecule has 6 nitrogen and oxygen atoms in total. The van der Waals surface area contributed by atoms with Crippen molar-refractivity contribution < 1.29 is 28.5 Å². The van der Waals surface area contributed by atoms with Crippen molar-refractivity contribution in [3.8, 4) is 11.5 Å². The smallest absolute Gasteiger partial charge is 0.310 e. The van der Waals surface area contributed by atoms with Gasteiger partial charge < -0.3 is 18.9 Å². The first-order valence-corrected chi connectivity index (χ1v) is 7.11. The molecule has 22 heavy (non-hydrogen) atoms. The quantitative estimate of drug-likeness (QED) is 0.683. The zero-order valence-electron chi connectivity index (χ0n) is 13.4. The van der Waals surface area contributed by atoms with E-state index in [4.69, 9.17) is 18.9 Å². The number of rotatable bonds is 8. The highest BCUT2D eigenvalue weighted by molar-refractivity contribution is 5.78. The molecule has 0 spiro atoms. The molecular weight excluding hydrogens is 288 g/mol. The Kier molecular flexibility index (Phi) is 7.22. The standard InChI is InChI=1S/C16H22O6/c1-5-21-14(17)9-11-7-8-13(19-3)16(20-4)12(11)10-15(18)22-6-2/h7-8H,5-6,9-10H2,1-4H3. The van der Waals surface area contributed by atoms with E-state index >= 15 is 0 Å². The Morgan fingerprint density at radius 3 is 2.00 bits per heavy atom. The van der Waals surface area contributed by atoms with Crippen molar-refractivity contribution in [3.05, 3.63) is 23.3 Å². The molecule has 0 aliphatic heterocycles. The molecule has 0 aliphatic rings. The van der Waals surface area contributed by atoms with E-state index in [9.17, 15) is 9.59 Å². The Balaban J connectivity index is 3.18. The third kappa shape index (κ3) is 4.65. The molecule has 0 unspecified atom stereocenters. The summed E-state index contributed by atoms with van der Waals surface area (Å²) in [4.78, 5) is 23.5. The van der Waals surface area contributed by atoms with Gasteiger partial charge in [-0.1, -0.05) is 6.07 Å². The van der Waals surface area contributed by atoms with E-state index in [1.165, 1.54) is 14.2 Å². The predicted octanol–water partition coefficient (Wildman–Crippen LogP) is 1.91. The van der Waals surface area contributed by atoms with Crippen molar-refractivity contribution in [2.24, 2.45) is 0 Å². The van der Waals surface area contributed by atoms with Gasteiger partial charge in [-0.3, -0.25) is 9.59 Å². The second-order valence-corrected chi connectivity index (χ2v) is 4.40. The van der Waals surface area contributed by atoms with Crippen LogP contribution in [0.5, 0.6) is 11.5 Å². The second kappa shape index (κ2) is 8.92. The summed E-state index contributed by atoms with van der Waals surface area (Å²) in [6.45, 7) is 4.07. The lowest BCUT2D eigenvalue weighted by Crippen LogP contribution is -2.14. The fourth-order valence-electron chi connectivity index (χ4n) is 2.11. The average Bonchev–Trinajstić information content (AvgIpc) is 2.49. The summed E-state index contributed by atoms with van der Waals surface area (Å²) >= 11 is 0. The van der Waals surface area contributed by atoms with Gasteiger partial charge in [-0.2, -0.15) is 0 Å². The summed E-state index contributed by atoms with van der Waals surface area (Å²) in [6.07, 6.45) is 0.0614. The summed E-state index contributed by atoms with van der Waals surface area (Å²) in [5.74, 6) is 0.172. The highest BCUT2D eigenvalue weighted by atomic mass is 16.5. The van der Waals surface area contributed by atoms with Gasteiger partial charge in [0.25, 0.3) is 0 Å². The van der Waals surface area contributed by atoms with Gasteiger partial charge in [0.05, 0.1) is 40.3 Å². The summed E-state index contributed by atoms with van der Waals surface area (Å²) in [7, 11) is 3.00. The van der Waals surface area contributed by atoms with Crippen molar-refractivity contribution in [3.63, 3.8) is 0 Å². The zero-order chi connectivity index (χ0) is 16.5. The number of methoxy groups -OCH3 is 2. The Morgan fingerprint density at radius 1 is 0.909 bits per heavy atom. The first-order chi connectivity index (χ1) is 10.6. The molecule has 0 saturated carbocycles. The van der Waals surface area contributed by atoms with Crippen LogP contribution < -0.4 is 9.47 Å². The SMILES string of the molecule is CCOC(=O)Cc1ccc(OC)c(OC)c1CC(=O)OCC. The number of hydrogen-bond donors (Lipinski definition) is 0. The maximum Gasteiger partial charge on any atom is 0.310 e. The molecule has 0 heterocycles. The topological polar surface area (TPSA) is 71.1 Å². The number of benzene rings is 1. The number of ether oxygens (including phenoxy) is 4. The van der Waals surface area contributed by atoms with E-state index in [2.05, 4.69) is 0 Å². The molecular formula is C16H22O6. The number of hydrogen-bond acceptors (Lipinski definition) is 6. The van der Waals surface area contributed by atoms with Gasteiger partial charge in [-0.25, -0.2) is 0 Å². The molecule has 0 fully saturated rings. The van der Waals surface area contributed by atoms with Crippen molar-refractivity contribution >= 4 is 11.9 Å². The summed E-state index contributed by atoms with van der Waals surface area (Å²) < 4.78 is 20.5. The summed E-state index contributed by atoms with van der Waals surface area (Å²) in [6, 6.07) is 3.43. The first kappa shape index (κ1) is 17.8. The normalized spacial score (nSPS) is 10.0. The molecule has 0 saturated heterocycles. The van der Waals surface area contributed by atoms with E-state index in [1.807, 2.05) is 0 Å². The Morgan fingerprint density at radius 2 is 1.50 bits per heavy atom. The number of carbonyl (C=O) groups is 2. The largest absolute Gasteiger partial charge is 0.493 e. The Hall–Kier alpha value is -2.24. The van der Waals surface area contributed by atoms with Crippen LogP contribution in [0.2, 0.25) is 0 Å². The zero-order valence-corrected chi connectivity index (χ0v) is 13.4. The van der Waals surface area contributed by atoms with Gasteiger partial charge in [0.15, 0.2) is 11.5 Å². The van der Waals surface area contributed by atoms with Crippen molar-refractivity contribution in [1.29, 1.82) is 0 Å². The van der Waals surface area contributed by atoms with Crippen LogP contribution in [0.25, 0.3) is 0 Å². The molecule has 6 heteroatoms. The third-order valence-electron chi connectivity index (χ3n) is 3.01. The van der Waals surface area contributed by atoms with Gasteiger partial charge in [0.1, 0.15) is 0 Å². The van der Waals surface area contributed by atoms with Crippen LogP contribution in [-0.2, 0) is 31.9 Å². The fourth-order valence-corrected chi connectivity index (χ4v) is 2.11. The van der Waals surface area contributed by atoms with E-state index in [-0.39, 0.29) is 24.8 Å². The Bertz CT molecular complexity index is 524. The highest BCUT2D eigenvalue weighted by Crippen LogP contribution is 2.34. The number of esters is 2. The lowest BCUT2D eigenvalue weighted by molar-refractivity contribution is -0.143. The van der Waals surface area contributed by atoms with Crippen molar-refractivity contribution in [1.82, 2.24) is 0 Å². The minimum Gasteiger partial charge on any atom is -0.493 e. The molecule has 1 aromatic carbocycles. The van der Waals surface area contributed by atoms with E-state index in [1.54, 1.807) is 26.0 Å². The maximum absolute atomic E-state index is 11.8. The van der Waals surface area contributed by atoms with Gasteiger partial charge in [-0.15, -0.1) is 0 Å². The minimum absolute atomic E-state index is 0.00293. The van der Waals surface area contributed by atoms with E-state index < -0.39 is 0 Å². The van der Waals surface area contributed by atoms with Crippen LogP contribution in [0.4, 0.5) is 0 Å². The van der Waals surface area contributed by atoms with Gasteiger partial charge in [0, 0.05) is 5.56 Å². The lowest BCUT2D eigenvalue weighted by atomic mass is 10.00. The second-order valence-electron chi connectivity index (χ2n) is 4.40. The average molecular weight is 310 g/mol. The predicted molar refractivity (Wildman–Crippen MR) is 80.2 cm³/mol. The summed E-state index contributed by atoms with van der Waals surface area (Å²) in [5, 5.41) is 0. The fraction of sp³-hybridized carbons (Fsp3) is 0.500. The van der Waals surface area contributed by atoms with Crippen LogP contribution >= 0.6 is 0 Å². The first-order valence-electron chi connectivity index (χ1n) is 7.11. The molecule has 0 radical (unpaired) electrons. The van der Waals surface area contributed by atoms with Crippen molar-refractivity contribution in [2.75, 3.05) is 27.4 Å². The molecule has 1 rings (SSSR count). The monoisotopic (exact) mass is 310 g/mol. The Labute approximate surface area is 130 Å². The van der Waals surface area contributed by atoms with Crippen LogP contribution in [0.1, 0.15) is 25.0 Å². The van der Waals surface area contributed by atoms with Crippen LogP contribution in [-0.4, -0.2) is 39.4 Å². The molecule has 0 bridgehead atoms. The summed E-state index contributed by atoms with van der Waals surface area (Å²) in [5.41, 5.74) is 1.23. The van der Waals surface area contributed by atoms with Gasteiger partial charge in [0.2, 0.25) is 0 Å². The lowest BCUT2D eigenvalue weighted by Gasteiger charge is -2.16. The minimum atomic E-state index is -0.390. The molecule has 0 atom stereocenters. The van der Waals surface area contributed by atoms with Gasteiger partial charge in [-0.05, 0) is 25.5 Å². The van der Waals surface area contributed by atoms with Crippen LogP contribution in [0, 0.1) is 0 Å². The van der Waals surface area contributed by atoms with E-state index in [0.29, 0.717) is 35.8 Å². The molecule has 0 amide bonds. The molecule has 0 aliphatic carbocycles. The molecule has 0 aromatic heterocycles. The van der Waals surface area contributed by atoms with Crippen molar-refractivity contribution in [2.45, 2.75) is 26.7 Å². The van der Waals surface area contributed by atoms with Crippen LogP contribution in [0.15, 0.2) is 12.1 Å². The molecule has 1 aromatic rings. The maximum atomic E-state index is 11.8. The van der Waals surface area contributed by atoms with Gasteiger partial charge >= 0.3 is 11.9 Å². The molecule has 0 N–H and O–H groups in total. The third-order valence-corrected chi connectivity index (χ3v) is 3.01. The number of carbonyl (C=O) groups excluding carboxylic acids is 2. The highest BCUT2D eigenvalue weighted by Gasteiger charge is 2.20. The molecule has 122 valence electrons. The van der Waals surface area contributed by atoms with Crippen LogP contribution in [0.3, 0.4) is 0 Å².